The zero-order valence-electron chi connectivity index (χ0n) is 10.8. The molecule has 100 valence electrons. The van der Waals surface area contributed by atoms with Gasteiger partial charge in [-0.2, -0.15) is 23.5 Å². The van der Waals surface area contributed by atoms with E-state index in [0.29, 0.717) is 11.3 Å². The molecule has 19 heavy (non-hydrogen) atoms. The monoisotopic (exact) mass is 291 g/mol. The van der Waals surface area contributed by atoms with Crippen molar-refractivity contribution in [3.63, 3.8) is 0 Å². The van der Waals surface area contributed by atoms with Crippen molar-refractivity contribution in [2.45, 2.75) is 30.6 Å². The lowest BCUT2D eigenvalue weighted by atomic mass is 10.2. The molecule has 0 aliphatic carbocycles. The number of hydrogen-bond acceptors (Lipinski definition) is 4. The van der Waals surface area contributed by atoms with Gasteiger partial charge in [0.1, 0.15) is 11.3 Å². The molecule has 0 amide bonds. The molecule has 2 saturated heterocycles. The number of imidazole rings is 1. The molecular weight excluding hydrogens is 274 g/mol. The van der Waals surface area contributed by atoms with Gasteiger partial charge in [0.05, 0.1) is 5.25 Å². The summed E-state index contributed by atoms with van der Waals surface area (Å²) in [4.78, 5) is 9.51. The molecule has 0 bridgehead atoms. The number of aromatic nitrogens is 3. The molecule has 2 fully saturated rings. The second-order valence-electron chi connectivity index (χ2n) is 5.21. The second kappa shape index (κ2) is 5.02. The van der Waals surface area contributed by atoms with Crippen molar-refractivity contribution in [2.75, 3.05) is 17.3 Å². The van der Waals surface area contributed by atoms with Crippen LogP contribution in [0.2, 0.25) is 0 Å². The number of fused-ring (bicyclic) bond motifs is 1. The molecule has 5 heteroatoms. The highest BCUT2D eigenvalue weighted by atomic mass is 32.2. The van der Waals surface area contributed by atoms with Crippen LogP contribution < -0.4 is 0 Å². The molecule has 2 aromatic rings. The van der Waals surface area contributed by atoms with Gasteiger partial charge >= 0.3 is 0 Å². The van der Waals surface area contributed by atoms with Gasteiger partial charge in [-0.15, -0.1) is 0 Å². The van der Waals surface area contributed by atoms with E-state index in [2.05, 4.69) is 39.1 Å². The van der Waals surface area contributed by atoms with Gasteiger partial charge in [-0.05, 0) is 42.9 Å². The van der Waals surface area contributed by atoms with Gasteiger partial charge < -0.3 is 4.57 Å². The Hall–Kier alpha value is -0.680. The van der Waals surface area contributed by atoms with Crippen LogP contribution >= 0.6 is 23.5 Å². The molecule has 4 heterocycles. The van der Waals surface area contributed by atoms with Gasteiger partial charge in [0.25, 0.3) is 0 Å². The minimum Gasteiger partial charge on any atom is -0.308 e. The van der Waals surface area contributed by atoms with Crippen LogP contribution in [-0.2, 0) is 0 Å². The molecule has 4 rings (SSSR count). The van der Waals surface area contributed by atoms with Gasteiger partial charge in [-0.1, -0.05) is 0 Å². The quantitative estimate of drug-likeness (QED) is 0.844. The van der Waals surface area contributed by atoms with Gasteiger partial charge in [0.15, 0.2) is 5.65 Å². The molecule has 3 nitrogen and oxygen atoms in total. The summed E-state index contributed by atoms with van der Waals surface area (Å²) in [5, 5.41) is 0.583. The summed E-state index contributed by atoms with van der Waals surface area (Å²) < 4.78 is 2.46. The smallest absolute Gasteiger partial charge is 0.160 e. The maximum absolute atomic E-state index is 4.91. The first-order valence-corrected chi connectivity index (χ1v) is 9.16. The number of hydrogen-bond donors (Lipinski definition) is 0. The highest BCUT2D eigenvalue weighted by molar-refractivity contribution is 7.99. The van der Waals surface area contributed by atoms with E-state index in [4.69, 9.17) is 4.98 Å². The van der Waals surface area contributed by atoms with Crippen molar-refractivity contribution in [2.24, 2.45) is 0 Å². The van der Waals surface area contributed by atoms with Crippen LogP contribution in [0.15, 0.2) is 18.3 Å². The van der Waals surface area contributed by atoms with E-state index in [1.807, 2.05) is 12.3 Å². The molecule has 0 aromatic carbocycles. The van der Waals surface area contributed by atoms with Crippen LogP contribution in [0.25, 0.3) is 11.2 Å². The summed E-state index contributed by atoms with van der Waals surface area (Å²) in [6.45, 7) is 0. The van der Waals surface area contributed by atoms with E-state index >= 15 is 0 Å². The minimum absolute atomic E-state index is 0.583. The van der Waals surface area contributed by atoms with E-state index in [1.54, 1.807) is 0 Å². The number of nitrogens with zero attached hydrogens (tertiary/aromatic N) is 3. The first-order chi connectivity index (χ1) is 9.43. The molecule has 2 aliphatic rings. The summed E-state index contributed by atoms with van der Waals surface area (Å²) in [7, 11) is 0. The Morgan fingerprint density at radius 2 is 2.26 bits per heavy atom. The van der Waals surface area contributed by atoms with Gasteiger partial charge in [0, 0.05) is 18.0 Å². The average Bonchev–Trinajstić information content (AvgIpc) is 3.17. The maximum atomic E-state index is 4.91. The molecule has 0 spiro atoms. The molecule has 2 aliphatic heterocycles. The van der Waals surface area contributed by atoms with Crippen molar-refractivity contribution in [3.05, 3.63) is 24.2 Å². The summed E-state index contributed by atoms with van der Waals surface area (Å²) in [5.74, 6) is 5.05. The van der Waals surface area contributed by atoms with E-state index in [1.165, 1.54) is 42.3 Å². The molecule has 2 unspecified atom stereocenters. The van der Waals surface area contributed by atoms with Crippen LogP contribution in [0.1, 0.15) is 36.4 Å². The SMILES string of the molecule is c1cnc2c(c1)nc(C1CCCS1)n2C1CCSC1. The predicted molar refractivity (Wildman–Crippen MR) is 82.9 cm³/mol. The Kier molecular flexibility index (Phi) is 3.19. The zero-order chi connectivity index (χ0) is 12.7. The third kappa shape index (κ3) is 2.07. The predicted octanol–water partition coefficient (Wildman–Crippen LogP) is 3.68. The topological polar surface area (TPSA) is 30.7 Å². The molecular formula is C14H17N3S2. The number of thioether (sulfide) groups is 2. The lowest BCUT2D eigenvalue weighted by Crippen LogP contribution is -2.13. The van der Waals surface area contributed by atoms with Crippen LogP contribution in [-0.4, -0.2) is 31.8 Å². The summed E-state index contributed by atoms with van der Waals surface area (Å²) >= 11 is 4.12. The van der Waals surface area contributed by atoms with E-state index in [-0.39, 0.29) is 0 Å². The largest absolute Gasteiger partial charge is 0.308 e. The van der Waals surface area contributed by atoms with Gasteiger partial charge in [-0.25, -0.2) is 9.97 Å². The van der Waals surface area contributed by atoms with Crippen molar-refractivity contribution >= 4 is 34.7 Å². The van der Waals surface area contributed by atoms with E-state index in [0.717, 1.165) is 11.2 Å². The van der Waals surface area contributed by atoms with Crippen LogP contribution in [0, 0.1) is 0 Å². The highest BCUT2D eigenvalue weighted by Crippen LogP contribution is 2.42. The molecule has 2 atom stereocenters. The van der Waals surface area contributed by atoms with Crippen molar-refractivity contribution < 1.29 is 0 Å². The zero-order valence-corrected chi connectivity index (χ0v) is 12.4. The normalized spacial score (nSPS) is 27.4. The lowest BCUT2D eigenvalue weighted by Gasteiger charge is -2.17. The Morgan fingerprint density at radius 3 is 3.05 bits per heavy atom. The Balaban J connectivity index is 1.87. The minimum atomic E-state index is 0.583. The number of pyridine rings is 1. The van der Waals surface area contributed by atoms with E-state index in [9.17, 15) is 0 Å². The summed E-state index contributed by atoms with van der Waals surface area (Å²) in [6.07, 6.45) is 5.75. The standard InChI is InChI=1S/C14H17N3S2/c1-3-11-13(15-6-1)17(10-5-8-18-9-10)14(16-11)12-4-2-7-19-12/h1,3,6,10,12H,2,4-5,7-9H2. The van der Waals surface area contributed by atoms with Crippen LogP contribution in [0.4, 0.5) is 0 Å². The first kappa shape index (κ1) is 12.1. The fraction of sp³-hybridized carbons (Fsp3) is 0.571. The Labute approximate surface area is 121 Å². The average molecular weight is 291 g/mol. The van der Waals surface area contributed by atoms with Crippen molar-refractivity contribution in [1.82, 2.24) is 14.5 Å². The summed E-state index contributed by atoms with van der Waals surface area (Å²) in [6, 6.07) is 4.69. The molecule has 0 saturated carbocycles. The first-order valence-electron chi connectivity index (χ1n) is 6.95. The highest BCUT2D eigenvalue weighted by Gasteiger charge is 2.29. The molecule has 0 radical (unpaired) electrons. The van der Waals surface area contributed by atoms with Gasteiger partial charge in [-0.3, -0.25) is 0 Å². The summed E-state index contributed by atoms with van der Waals surface area (Å²) in [5.41, 5.74) is 2.17. The van der Waals surface area contributed by atoms with Crippen LogP contribution in [0.3, 0.4) is 0 Å². The molecule has 2 aromatic heterocycles. The Bertz CT molecular complexity index is 583. The third-order valence-corrected chi connectivity index (χ3v) is 6.48. The van der Waals surface area contributed by atoms with Crippen molar-refractivity contribution in [3.8, 4) is 0 Å². The van der Waals surface area contributed by atoms with E-state index < -0.39 is 0 Å². The number of rotatable bonds is 2. The van der Waals surface area contributed by atoms with Gasteiger partial charge in [0.2, 0.25) is 0 Å². The third-order valence-electron chi connectivity index (χ3n) is 3.96. The maximum Gasteiger partial charge on any atom is 0.160 e. The Morgan fingerprint density at radius 1 is 1.26 bits per heavy atom. The molecule has 0 N–H and O–H groups in total. The van der Waals surface area contributed by atoms with Crippen molar-refractivity contribution in [1.29, 1.82) is 0 Å². The second-order valence-corrected chi connectivity index (χ2v) is 7.67. The van der Waals surface area contributed by atoms with Crippen LogP contribution in [0.5, 0.6) is 0 Å². The fourth-order valence-electron chi connectivity index (χ4n) is 3.04. The fourth-order valence-corrected chi connectivity index (χ4v) is 5.50. The lowest BCUT2D eigenvalue weighted by molar-refractivity contribution is 0.539.